The third kappa shape index (κ3) is 1.75. The van der Waals surface area contributed by atoms with Crippen LogP contribution in [0.5, 0.6) is 11.5 Å². The van der Waals surface area contributed by atoms with Crippen molar-refractivity contribution in [3.8, 4) is 11.5 Å². The monoisotopic (exact) mass is 326 g/mol. The van der Waals surface area contributed by atoms with Crippen LogP contribution in [0.4, 0.5) is 0 Å². The van der Waals surface area contributed by atoms with Crippen LogP contribution < -0.4 is 9.47 Å². The van der Waals surface area contributed by atoms with Gasteiger partial charge in [-0.2, -0.15) is 0 Å². The maximum absolute atomic E-state index is 11.8. The molecule has 0 atom stereocenters. The fourth-order valence-electron chi connectivity index (χ4n) is 3.23. The summed E-state index contributed by atoms with van der Waals surface area (Å²) < 4.78 is 11.7. The number of aliphatic carboxylic acids is 1. The molecule has 2 aliphatic rings. The minimum Gasteiger partial charge on any atom is -0.481 e. The van der Waals surface area contributed by atoms with Crippen LogP contribution in [0.1, 0.15) is 36.8 Å². The second kappa shape index (κ2) is 4.40. The summed E-state index contributed by atoms with van der Waals surface area (Å²) in [5.41, 5.74) is 0.974. The highest BCUT2D eigenvalue weighted by Crippen LogP contribution is 2.50. The number of rotatable bonds is 2. The van der Waals surface area contributed by atoms with Gasteiger partial charge in [0.2, 0.25) is 6.79 Å². The lowest BCUT2D eigenvalue weighted by molar-refractivity contribution is -0.143. The Kier molecular flexibility index (Phi) is 2.96. The Bertz CT molecular complexity index is 547. The van der Waals surface area contributed by atoms with E-state index in [9.17, 15) is 9.90 Å². The molecule has 1 heterocycles. The molecule has 1 aromatic carbocycles. The lowest BCUT2D eigenvalue weighted by atomic mass is 9.76. The van der Waals surface area contributed by atoms with Crippen LogP contribution in [-0.2, 0) is 10.2 Å². The minimum absolute atomic E-state index is 0.193. The molecule has 0 bridgehead atoms. The normalized spacial score (nSPS) is 19.7. The van der Waals surface area contributed by atoms with Gasteiger partial charge in [0.15, 0.2) is 11.5 Å². The number of carboxylic acids is 1. The van der Waals surface area contributed by atoms with Gasteiger partial charge in [-0.05, 0) is 52.9 Å². The first kappa shape index (κ1) is 12.8. The Morgan fingerprint density at radius 3 is 2.58 bits per heavy atom. The van der Waals surface area contributed by atoms with E-state index in [1.165, 1.54) is 0 Å². The summed E-state index contributed by atoms with van der Waals surface area (Å²) in [6, 6.07) is 1.89. The molecule has 1 fully saturated rings. The van der Waals surface area contributed by atoms with Gasteiger partial charge in [0, 0.05) is 0 Å². The molecule has 1 aliphatic carbocycles. The van der Waals surface area contributed by atoms with Crippen molar-refractivity contribution in [2.24, 2.45) is 0 Å². The van der Waals surface area contributed by atoms with Crippen LogP contribution in [0, 0.1) is 6.92 Å². The van der Waals surface area contributed by atoms with Crippen molar-refractivity contribution in [2.45, 2.75) is 38.0 Å². The summed E-state index contributed by atoms with van der Waals surface area (Å²) in [6.07, 6.45) is 3.29. The number of hydrogen-bond acceptors (Lipinski definition) is 3. The van der Waals surface area contributed by atoms with Crippen LogP contribution in [0.15, 0.2) is 10.5 Å². The summed E-state index contributed by atoms with van der Waals surface area (Å²) in [6.45, 7) is 2.11. The van der Waals surface area contributed by atoms with Crippen molar-refractivity contribution in [3.05, 3.63) is 21.7 Å². The predicted molar refractivity (Wildman–Crippen MR) is 72.8 cm³/mol. The SMILES string of the molecule is Cc1c(C2(C(=O)O)CCCC2)cc(Br)c2c1OCO2. The molecule has 0 unspecified atom stereocenters. The van der Waals surface area contributed by atoms with Crippen molar-refractivity contribution in [2.75, 3.05) is 6.79 Å². The lowest BCUT2D eigenvalue weighted by Crippen LogP contribution is -2.33. The van der Waals surface area contributed by atoms with E-state index in [-0.39, 0.29) is 6.79 Å². The van der Waals surface area contributed by atoms with E-state index in [1.54, 1.807) is 0 Å². The molecule has 0 amide bonds. The van der Waals surface area contributed by atoms with E-state index in [2.05, 4.69) is 15.9 Å². The fraction of sp³-hybridized carbons (Fsp3) is 0.500. The Balaban J connectivity index is 2.20. The van der Waals surface area contributed by atoms with Gasteiger partial charge in [0.05, 0.1) is 9.89 Å². The summed E-state index contributed by atoms with van der Waals surface area (Å²) >= 11 is 3.45. The third-order valence-electron chi connectivity index (χ3n) is 4.23. The van der Waals surface area contributed by atoms with Gasteiger partial charge in [-0.25, -0.2) is 0 Å². The van der Waals surface area contributed by atoms with Gasteiger partial charge in [-0.1, -0.05) is 12.8 Å². The van der Waals surface area contributed by atoms with E-state index in [0.29, 0.717) is 24.3 Å². The Labute approximate surface area is 119 Å². The number of carbonyl (C=O) groups is 1. The zero-order valence-corrected chi connectivity index (χ0v) is 12.2. The van der Waals surface area contributed by atoms with Crippen LogP contribution in [0.3, 0.4) is 0 Å². The molecule has 1 aliphatic heterocycles. The smallest absolute Gasteiger partial charge is 0.314 e. The van der Waals surface area contributed by atoms with Gasteiger partial charge < -0.3 is 14.6 Å². The summed E-state index contributed by atoms with van der Waals surface area (Å²) in [5.74, 6) is 0.621. The van der Waals surface area contributed by atoms with Crippen LogP contribution in [-0.4, -0.2) is 17.9 Å². The van der Waals surface area contributed by atoms with Crippen LogP contribution in [0.25, 0.3) is 0 Å². The number of fused-ring (bicyclic) bond motifs is 1. The molecule has 3 rings (SSSR count). The summed E-state index contributed by atoms with van der Waals surface area (Å²) in [4.78, 5) is 11.8. The molecule has 0 radical (unpaired) electrons. The van der Waals surface area contributed by atoms with Gasteiger partial charge in [-0.15, -0.1) is 0 Å². The van der Waals surface area contributed by atoms with Crippen molar-refractivity contribution < 1.29 is 19.4 Å². The first-order valence-electron chi connectivity index (χ1n) is 6.39. The average Bonchev–Trinajstić information content (AvgIpc) is 3.02. The number of ether oxygens (including phenoxy) is 2. The molecule has 1 aromatic rings. The molecule has 19 heavy (non-hydrogen) atoms. The first-order valence-corrected chi connectivity index (χ1v) is 7.18. The van der Waals surface area contributed by atoms with Gasteiger partial charge in [-0.3, -0.25) is 4.79 Å². The zero-order chi connectivity index (χ0) is 13.6. The molecule has 4 nitrogen and oxygen atoms in total. The predicted octanol–water partition coefficient (Wildman–Crippen LogP) is 3.38. The van der Waals surface area contributed by atoms with E-state index in [0.717, 1.165) is 28.4 Å². The van der Waals surface area contributed by atoms with Crippen molar-refractivity contribution in [3.63, 3.8) is 0 Å². The molecule has 0 spiro atoms. The van der Waals surface area contributed by atoms with Crippen LogP contribution >= 0.6 is 15.9 Å². The number of hydrogen-bond donors (Lipinski definition) is 1. The van der Waals surface area contributed by atoms with E-state index < -0.39 is 11.4 Å². The molecule has 0 saturated heterocycles. The second-order valence-electron chi connectivity index (χ2n) is 5.19. The number of halogens is 1. The highest BCUT2D eigenvalue weighted by atomic mass is 79.9. The van der Waals surface area contributed by atoms with E-state index in [1.807, 2.05) is 13.0 Å². The topological polar surface area (TPSA) is 55.8 Å². The first-order chi connectivity index (χ1) is 9.06. The molecule has 0 aromatic heterocycles. The zero-order valence-electron chi connectivity index (χ0n) is 10.7. The quantitative estimate of drug-likeness (QED) is 0.905. The highest BCUT2D eigenvalue weighted by molar-refractivity contribution is 9.10. The minimum atomic E-state index is -0.770. The van der Waals surface area contributed by atoms with Crippen molar-refractivity contribution in [1.29, 1.82) is 0 Å². The largest absolute Gasteiger partial charge is 0.481 e. The van der Waals surface area contributed by atoms with E-state index >= 15 is 0 Å². The number of benzene rings is 1. The maximum atomic E-state index is 11.8. The van der Waals surface area contributed by atoms with Gasteiger partial charge in [0.1, 0.15) is 0 Å². The standard InChI is InChI=1S/C14H15BrO4/c1-8-9(14(13(16)17)4-2-3-5-14)6-10(15)12-11(8)18-7-19-12/h6H,2-5,7H2,1H3,(H,16,17). The van der Waals surface area contributed by atoms with Gasteiger partial charge in [0.25, 0.3) is 0 Å². The second-order valence-corrected chi connectivity index (χ2v) is 6.04. The van der Waals surface area contributed by atoms with E-state index in [4.69, 9.17) is 9.47 Å². The maximum Gasteiger partial charge on any atom is 0.314 e. The Morgan fingerprint density at radius 2 is 1.95 bits per heavy atom. The lowest BCUT2D eigenvalue weighted by Gasteiger charge is -2.27. The third-order valence-corrected chi connectivity index (χ3v) is 4.82. The van der Waals surface area contributed by atoms with Crippen LogP contribution in [0.2, 0.25) is 0 Å². The summed E-state index contributed by atoms with van der Waals surface area (Å²) in [7, 11) is 0. The number of carboxylic acid groups (broad SMARTS) is 1. The molecule has 1 N–H and O–H groups in total. The Hall–Kier alpha value is -1.23. The van der Waals surface area contributed by atoms with Crippen molar-refractivity contribution in [1.82, 2.24) is 0 Å². The Morgan fingerprint density at radius 1 is 1.32 bits per heavy atom. The highest BCUT2D eigenvalue weighted by Gasteiger charge is 2.45. The molecule has 1 saturated carbocycles. The van der Waals surface area contributed by atoms with Crippen molar-refractivity contribution >= 4 is 21.9 Å². The molecular weight excluding hydrogens is 312 g/mol. The fourth-order valence-corrected chi connectivity index (χ4v) is 3.75. The molecular formula is C14H15BrO4. The molecule has 102 valence electrons. The van der Waals surface area contributed by atoms with Gasteiger partial charge >= 0.3 is 5.97 Å². The molecule has 5 heteroatoms. The summed E-state index contributed by atoms with van der Waals surface area (Å²) in [5, 5.41) is 9.69. The average molecular weight is 327 g/mol.